The molecular formula is C19H18ClNO4. The van der Waals surface area contributed by atoms with Crippen LogP contribution in [0.2, 0.25) is 5.02 Å². The monoisotopic (exact) mass is 359 g/mol. The highest BCUT2D eigenvalue weighted by molar-refractivity contribution is 6.31. The lowest BCUT2D eigenvalue weighted by Gasteiger charge is -2.12. The molecule has 0 atom stereocenters. The predicted octanol–water partition coefficient (Wildman–Crippen LogP) is 3.38. The van der Waals surface area contributed by atoms with Gasteiger partial charge in [0.15, 0.2) is 6.61 Å². The second-order valence-corrected chi connectivity index (χ2v) is 5.45. The molecule has 130 valence electrons. The van der Waals surface area contributed by atoms with Gasteiger partial charge in [-0.25, -0.2) is 4.79 Å². The highest BCUT2D eigenvalue weighted by Gasteiger charge is 2.15. The maximum Gasteiger partial charge on any atom is 0.342 e. The average molecular weight is 360 g/mol. The molecule has 1 N–H and O–H groups in total. The van der Waals surface area contributed by atoms with Gasteiger partial charge in [0.1, 0.15) is 17.9 Å². The van der Waals surface area contributed by atoms with Crippen LogP contribution in [0.4, 0.5) is 0 Å². The molecule has 0 radical (unpaired) electrons. The number of hydrogen-bond donors (Lipinski definition) is 1. The van der Waals surface area contributed by atoms with E-state index in [-0.39, 0.29) is 18.8 Å². The van der Waals surface area contributed by atoms with Gasteiger partial charge < -0.3 is 14.8 Å². The van der Waals surface area contributed by atoms with Crippen LogP contribution in [0.15, 0.2) is 61.2 Å². The molecule has 0 aromatic heterocycles. The van der Waals surface area contributed by atoms with E-state index in [4.69, 9.17) is 21.1 Å². The molecule has 2 aromatic carbocycles. The highest BCUT2D eigenvalue weighted by Crippen LogP contribution is 2.22. The fourth-order valence-corrected chi connectivity index (χ4v) is 2.17. The second-order valence-electron chi connectivity index (χ2n) is 5.05. The molecule has 0 heterocycles. The Morgan fingerprint density at radius 1 is 1.12 bits per heavy atom. The largest absolute Gasteiger partial charge is 0.488 e. The summed E-state index contributed by atoms with van der Waals surface area (Å²) in [7, 11) is 0. The topological polar surface area (TPSA) is 64.6 Å². The molecule has 0 aliphatic carbocycles. The first-order chi connectivity index (χ1) is 12.1. The molecule has 6 heteroatoms. The van der Waals surface area contributed by atoms with Crippen LogP contribution >= 0.6 is 11.6 Å². The molecule has 0 saturated carbocycles. The summed E-state index contributed by atoms with van der Waals surface area (Å²) in [5.74, 6) is -0.676. The lowest BCUT2D eigenvalue weighted by atomic mass is 10.2. The first-order valence-corrected chi connectivity index (χ1v) is 7.99. The average Bonchev–Trinajstić information content (AvgIpc) is 2.64. The van der Waals surface area contributed by atoms with Gasteiger partial charge in [-0.3, -0.25) is 4.79 Å². The SMILES string of the molecule is C=CCNC(=O)COC(=O)c1ccccc1OCc1ccccc1Cl. The number of para-hydroxylation sites is 1. The summed E-state index contributed by atoms with van der Waals surface area (Å²) in [6, 6.07) is 14.0. The van der Waals surface area contributed by atoms with Crippen molar-refractivity contribution in [3.8, 4) is 5.75 Å². The van der Waals surface area contributed by atoms with Gasteiger partial charge in [0.05, 0.1) is 0 Å². The van der Waals surface area contributed by atoms with Crippen LogP contribution in [0, 0.1) is 0 Å². The molecule has 1 amide bonds. The molecule has 25 heavy (non-hydrogen) atoms. The van der Waals surface area contributed by atoms with Crippen molar-refractivity contribution in [2.75, 3.05) is 13.2 Å². The summed E-state index contributed by atoms with van der Waals surface area (Å²) < 4.78 is 10.7. The predicted molar refractivity (Wildman–Crippen MR) is 95.7 cm³/mol. The van der Waals surface area contributed by atoms with Crippen molar-refractivity contribution >= 4 is 23.5 Å². The van der Waals surface area contributed by atoms with E-state index in [1.54, 1.807) is 30.3 Å². The lowest BCUT2D eigenvalue weighted by Crippen LogP contribution is -2.28. The molecule has 0 saturated heterocycles. The zero-order valence-electron chi connectivity index (χ0n) is 13.5. The molecule has 0 aliphatic rings. The Bertz CT molecular complexity index is 761. The number of halogens is 1. The van der Waals surface area contributed by atoms with E-state index in [0.717, 1.165) is 5.56 Å². The van der Waals surface area contributed by atoms with Gasteiger partial charge in [0, 0.05) is 17.1 Å². The van der Waals surface area contributed by atoms with E-state index in [1.807, 2.05) is 18.2 Å². The molecule has 0 spiro atoms. The first kappa shape index (κ1) is 18.5. The Morgan fingerprint density at radius 3 is 2.60 bits per heavy atom. The summed E-state index contributed by atoms with van der Waals surface area (Å²) >= 11 is 6.10. The number of benzene rings is 2. The van der Waals surface area contributed by atoms with Crippen molar-refractivity contribution in [3.05, 3.63) is 77.3 Å². The van der Waals surface area contributed by atoms with Gasteiger partial charge in [-0.2, -0.15) is 0 Å². The third-order valence-electron chi connectivity index (χ3n) is 3.23. The van der Waals surface area contributed by atoms with E-state index < -0.39 is 11.9 Å². The zero-order chi connectivity index (χ0) is 18.1. The zero-order valence-corrected chi connectivity index (χ0v) is 14.3. The van der Waals surface area contributed by atoms with E-state index in [0.29, 0.717) is 17.3 Å². The van der Waals surface area contributed by atoms with Gasteiger partial charge in [0.25, 0.3) is 5.91 Å². The lowest BCUT2D eigenvalue weighted by molar-refractivity contribution is -0.124. The summed E-state index contributed by atoms with van der Waals surface area (Å²) in [4.78, 5) is 23.7. The van der Waals surface area contributed by atoms with Crippen LogP contribution < -0.4 is 10.1 Å². The van der Waals surface area contributed by atoms with Crippen molar-refractivity contribution in [2.24, 2.45) is 0 Å². The van der Waals surface area contributed by atoms with Crippen LogP contribution in [-0.2, 0) is 16.1 Å². The van der Waals surface area contributed by atoms with Gasteiger partial charge in [0.2, 0.25) is 0 Å². The quantitative estimate of drug-likeness (QED) is 0.579. The van der Waals surface area contributed by atoms with Crippen LogP contribution in [-0.4, -0.2) is 25.0 Å². The molecule has 0 unspecified atom stereocenters. The molecular weight excluding hydrogens is 342 g/mol. The highest BCUT2D eigenvalue weighted by atomic mass is 35.5. The first-order valence-electron chi connectivity index (χ1n) is 7.61. The number of carbonyl (C=O) groups excluding carboxylic acids is 2. The minimum absolute atomic E-state index is 0.212. The van der Waals surface area contributed by atoms with Crippen LogP contribution in [0.25, 0.3) is 0 Å². The Kier molecular flexibility index (Phi) is 7.04. The van der Waals surface area contributed by atoms with E-state index in [1.165, 1.54) is 6.08 Å². The summed E-state index contributed by atoms with van der Waals surface area (Å²) in [6.07, 6.45) is 1.54. The Hall–Kier alpha value is -2.79. The standard InChI is InChI=1S/C19H18ClNO4/c1-2-11-21-18(22)13-25-19(23)15-8-4-6-10-17(15)24-12-14-7-3-5-9-16(14)20/h2-10H,1,11-13H2,(H,21,22). The number of rotatable bonds is 8. The van der Waals surface area contributed by atoms with Gasteiger partial charge >= 0.3 is 5.97 Å². The van der Waals surface area contributed by atoms with Crippen molar-refractivity contribution in [3.63, 3.8) is 0 Å². The third kappa shape index (κ3) is 5.65. The summed E-state index contributed by atoms with van der Waals surface area (Å²) in [5, 5.41) is 3.11. The van der Waals surface area contributed by atoms with E-state index in [2.05, 4.69) is 11.9 Å². The maximum atomic E-state index is 12.2. The molecule has 2 rings (SSSR count). The Morgan fingerprint density at radius 2 is 1.84 bits per heavy atom. The third-order valence-corrected chi connectivity index (χ3v) is 3.59. The normalized spacial score (nSPS) is 9.96. The van der Waals surface area contributed by atoms with Crippen LogP contribution in [0.1, 0.15) is 15.9 Å². The summed E-state index contributed by atoms with van der Waals surface area (Å²) in [5.41, 5.74) is 1.04. The molecule has 0 fully saturated rings. The Balaban J connectivity index is 1.99. The maximum absolute atomic E-state index is 12.2. The second kappa shape index (κ2) is 9.49. The van der Waals surface area contributed by atoms with Crippen molar-refractivity contribution in [1.82, 2.24) is 5.32 Å². The fourth-order valence-electron chi connectivity index (χ4n) is 1.98. The molecule has 2 aromatic rings. The number of nitrogens with one attached hydrogen (secondary N) is 1. The minimum atomic E-state index is -0.636. The van der Waals surface area contributed by atoms with Gasteiger partial charge in [-0.1, -0.05) is 48.0 Å². The van der Waals surface area contributed by atoms with Crippen molar-refractivity contribution in [2.45, 2.75) is 6.61 Å². The Labute approximate surface area is 151 Å². The van der Waals surface area contributed by atoms with E-state index >= 15 is 0 Å². The number of amides is 1. The van der Waals surface area contributed by atoms with Gasteiger partial charge in [-0.05, 0) is 18.2 Å². The number of carbonyl (C=O) groups is 2. The van der Waals surface area contributed by atoms with Crippen LogP contribution in [0.3, 0.4) is 0 Å². The smallest absolute Gasteiger partial charge is 0.342 e. The van der Waals surface area contributed by atoms with Crippen molar-refractivity contribution in [1.29, 1.82) is 0 Å². The van der Waals surface area contributed by atoms with Crippen molar-refractivity contribution < 1.29 is 19.1 Å². The molecule has 0 bridgehead atoms. The van der Waals surface area contributed by atoms with E-state index in [9.17, 15) is 9.59 Å². The minimum Gasteiger partial charge on any atom is -0.488 e. The molecule has 0 aliphatic heterocycles. The number of hydrogen-bond acceptors (Lipinski definition) is 4. The number of ether oxygens (including phenoxy) is 2. The number of esters is 1. The van der Waals surface area contributed by atoms with Crippen LogP contribution in [0.5, 0.6) is 5.75 Å². The fraction of sp³-hybridized carbons (Fsp3) is 0.158. The summed E-state index contributed by atoms with van der Waals surface area (Å²) in [6.45, 7) is 3.65. The molecule has 5 nitrogen and oxygen atoms in total. The van der Waals surface area contributed by atoms with Gasteiger partial charge in [-0.15, -0.1) is 6.58 Å².